The number of ether oxygens (including phenoxy) is 1. The fourth-order valence-electron chi connectivity index (χ4n) is 2.22. The van der Waals surface area contributed by atoms with E-state index in [4.69, 9.17) is 16.3 Å². The lowest BCUT2D eigenvalue weighted by atomic mass is 10.2. The van der Waals surface area contributed by atoms with Crippen LogP contribution in [0.2, 0.25) is 0 Å². The Morgan fingerprint density at radius 3 is 2.39 bits per heavy atom. The second-order valence-electron chi connectivity index (χ2n) is 4.47. The third-order valence-electron chi connectivity index (χ3n) is 3.27. The number of benzene rings is 1. The van der Waals surface area contributed by atoms with Crippen molar-refractivity contribution in [2.45, 2.75) is 0 Å². The van der Waals surface area contributed by atoms with Crippen molar-refractivity contribution in [2.75, 3.05) is 56.7 Å². The largest absolute Gasteiger partial charge is 0.379 e. The highest BCUT2D eigenvalue weighted by molar-refractivity contribution is 6.17. The predicted molar refractivity (Wildman–Crippen MR) is 76.6 cm³/mol. The van der Waals surface area contributed by atoms with Gasteiger partial charge in [-0.2, -0.15) is 0 Å². The monoisotopic (exact) mass is 268 g/mol. The van der Waals surface area contributed by atoms with Gasteiger partial charge >= 0.3 is 0 Å². The zero-order valence-electron chi connectivity index (χ0n) is 10.7. The second-order valence-corrected chi connectivity index (χ2v) is 4.84. The molecular formula is C14H21ClN2O. The van der Waals surface area contributed by atoms with Crippen LogP contribution in [0, 0.1) is 0 Å². The van der Waals surface area contributed by atoms with E-state index in [-0.39, 0.29) is 0 Å². The molecule has 3 nitrogen and oxygen atoms in total. The molecule has 0 aliphatic carbocycles. The molecule has 0 radical (unpaired) electrons. The van der Waals surface area contributed by atoms with Crippen molar-refractivity contribution >= 4 is 17.3 Å². The van der Waals surface area contributed by atoms with Crippen molar-refractivity contribution in [2.24, 2.45) is 0 Å². The first-order chi connectivity index (χ1) is 8.90. The van der Waals surface area contributed by atoms with E-state index in [1.165, 1.54) is 5.69 Å². The Labute approximate surface area is 114 Å². The van der Waals surface area contributed by atoms with Crippen LogP contribution in [0.4, 0.5) is 5.69 Å². The van der Waals surface area contributed by atoms with Crippen molar-refractivity contribution in [1.82, 2.24) is 4.90 Å². The SMILES string of the molecule is ClCCOCCN1CCN(c2ccccc2)CC1. The van der Waals surface area contributed by atoms with Crippen molar-refractivity contribution in [3.63, 3.8) is 0 Å². The smallest absolute Gasteiger partial charge is 0.0602 e. The van der Waals surface area contributed by atoms with E-state index in [1.807, 2.05) is 0 Å². The summed E-state index contributed by atoms with van der Waals surface area (Å²) in [5.41, 5.74) is 1.33. The molecule has 0 spiro atoms. The van der Waals surface area contributed by atoms with Gasteiger partial charge in [0.25, 0.3) is 0 Å². The van der Waals surface area contributed by atoms with E-state index in [0.29, 0.717) is 12.5 Å². The maximum Gasteiger partial charge on any atom is 0.0602 e. The van der Waals surface area contributed by atoms with Gasteiger partial charge in [-0.3, -0.25) is 4.90 Å². The Bertz CT molecular complexity index is 326. The Kier molecular flexibility index (Phi) is 5.78. The number of hydrogen-bond acceptors (Lipinski definition) is 3. The molecule has 100 valence electrons. The number of anilines is 1. The molecule has 1 aliphatic heterocycles. The summed E-state index contributed by atoms with van der Waals surface area (Å²) in [6.07, 6.45) is 0. The summed E-state index contributed by atoms with van der Waals surface area (Å²) in [5.74, 6) is 0.585. The van der Waals surface area contributed by atoms with Crippen LogP contribution >= 0.6 is 11.6 Å². The average Bonchev–Trinajstić information content (AvgIpc) is 2.45. The second kappa shape index (κ2) is 7.62. The quantitative estimate of drug-likeness (QED) is 0.580. The van der Waals surface area contributed by atoms with Gasteiger partial charge in [-0.05, 0) is 12.1 Å². The van der Waals surface area contributed by atoms with Gasteiger partial charge in [0.1, 0.15) is 0 Å². The molecule has 1 fully saturated rings. The van der Waals surface area contributed by atoms with Crippen LogP contribution < -0.4 is 4.90 Å². The summed E-state index contributed by atoms with van der Waals surface area (Å²) >= 11 is 5.56. The number of alkyl halides is 1. The molecule has 1 heterocycles. The lowest BCUT2D eigenvalue weighted by Gasteiger charge is -2.36. The topological polar surface area (TPSA) is 15.7 Å². The van der Waals surface area contributed by atoms with Crippen LogP contribution in [0.5, 0.6) is 0 Å². The number of hydrogen-bond donors (Lipinski definition) is 0. The lowest BCUT2D eigenvalue weighted by molar-refractivity contribution is 0.112. The van der Waals surface area contributed by atoms with Gasteiger partial charge < -0.3 is 9.64 Å². The maximum atomic E-state index is 5.56. The van der Waals surface area contributed by atoms with Crippen LogP contribution in [0.25, 0.3) is 0 Å². The zero-order chi connectivity index (χ0) is 12.6. The van der Waals surface area contributed by atoms with Crippen LogP contribution in [0.1, 0.15) is 0 Å². The number of halogens is 1. The van der Waals surface area contributed by atoms with Gasteiger partial charge in [0, 0.05) is 44.3 Å². The number of rotatable bonds is 6. The third kappa shape index (κ3) is 4.16. The molecule has 1 saturated heterocycles. The molecule has 4 heteroatoms. The zero-order valence-corrected chi connectivity index (χ0v) is 11.5. The maximum absolute atomic E-state index is 5.56. The van der Waals surface area contributed by atoms with E-state index < -0.39 is 0 Å². The van der Waals surface area contributed by atoms with E-state index in [0.717, 1.165) is 39.3 Å². The van der Waals surface area contributed by atoms with Crippen LogP contribution in [0.3, 0.4) is 0 Å². The molecule has 1 aliphatic rings. The Morgan fingerprint density at radius 2 is 1.72 bits per heavy atom. The highest BCUT2D eigenvalue weighted by atomic mass is 35.5. The molecule has 0 bridgehead atoms. The Hall–Kier alpha value is -0.770. The molecule has 18 heavy (non-hydrogen) atoms. The molecule has 0 saturated carbocycles. The summed E-state index contributed by atoms with van der Waals surface area (Å²) in [7, 11) is 0. The van der Waals surface area contributed by atoms with Gasteiger partial charge in [0.05, 0.1) is 13.2 Å². The summed E-state index contributed by atoms with van der Waals surface area (Å²) < 4.78 is 5.41. The van der Waals surface area contributed by atoms with Gasteiger partial charge in [-0.1, -0.05) is 18.2 Å². The lowest BCUT2D eigenvalue weighted by Crippen LogP contribution is -2.47. The summed E-state index contributed by atoms with van der Waals surface area (Å²) in [4.78, 5) is 4.89. The van der Waals surface area contributed by atoms with E-state index in [1.54, 1.807) is 0 Å². The average molecular weight is 269 g/mol. The predicted octanol–water partition coefficient (Wildman–Crippen LogP) is 2.06. The summed E-state index contributed by atoms with van der Waals surface area (Å²) in [6, 6.07) is 10.6. The molecule has 0 unspecified atom stereocenters. The van der Waals surface area contributed by atoms with Gasteiger partial charge in [-0.25, -0.2) is 0 Å². The normalized spacial score (nSPS) is 17.1. The molecule has 1 aromatic carbocycles. The summed E-state index contributed by atoms with van der Waals surface area (Å²) in [5, 5.41) is 0. The number of para-hydroxylation sites is 1. The highest BCUT2D eigenvalue weighted by Crippen LogP contribution is 2.15. The van der Waals surface area contributed by atoms with E-state index in [2.05, 4.69) is 40.1 Å². The minimum absolute atomic E-state index is 0.585. The van der Waals surface area contributed by atoms with Crippen LogP contribution in [-0.2, 0) is 4.74 Å². The Balaban J connectivity index is 1.68. The molecular weight excluding hydrogens is 248 g/mol. The highest BCUT2D eigenvalue weighted by Gasteiger charge is 2.16. The van der Waals surface area contributed by atoms with Gasteiger partial charge in [0.2, 0.25) is 0 Å². The molecule has 2 rings (SSSR count). The molecule has 0 aromatic heterocycles. The fraction of sp³-hybridized carbons (Fsp3) is 0.571. The minimum atomic E-state index is 0.585. The van der Waals surface area contributed by atoms with E-state index in [9.17, 15) is 0 Å². The molecule has 0 atom stereocenters. The van der Waals surface area contributed by atoms with Gasteiger partial charge in [-0.15, -0.1) is 11.6 Å². The van der Waals surface area contributed by atoms with Crippen molar-refractivity contribution < 1.29 is 4.74 Å². The van der Waals surface area contributed by atoms with Gasteiger partial charge in [0.15, 0.2) is 0 Å². The number of piperazine rings is 1. The third-order valence-corrected chi connectivity index (χ3v) is 3.42. The molecule has 0 N–H and O–H groups in total. The minimum Gasteiger partial charge on any atom is -0.379 e. The van der Waals surface area contributed by atoms with Crippen molar-refractivity contribution in [3.05, 3.63) is 30.3 Å². The fourth-order valence-corrected chi connectivity index (χ4v) is 2.33. The Morgan fingerprint density at radius 1 is 1.00 bits per heavy atom. The molecule has 1 aromatic rings. The number of nitrogens with zero attached hydrogens (tertiary/aromatic N) is 2. The van der Waals surface area contributed by atoms with Crippen molar-refractivity contribution in [1.29, 1.82) is 0 Å². The first-order valence-corrected chi connectivity index (χ1v) is 7.09. The first kappa shape index (κ1) is 13.7. The van der Waals surface area contributed by atoms with Crippen molar-refractivity contribution in [3.8, 4) is 0 Å². The van der Waals surface area contributed by atoms with Crippen LogP contribution in [0.15, 0.2) is 30.3 Å². The molecule has 0 amide bonds. The van der Waals surface area contributed by atoms with Crippen LogP contribution in [-0.4, -0.2) is 56.7 Å². The first-order valence-electron chi connectivity index (χ1n) is 6.56. The van der Waals surface area contributed by atoms with E-state index >= 15 is 0 Å². The summed E-state index contributed by atoms with van der Waals surface area (Å²) in [6.45, 7) is 6.88. The standard InChI is InChI=1S/C14H21ClN2O/c15-6-12-18-13-11-16-7-9-17(10-8-16)14-4-2-1-3-5-14/h1-5H,6-13H2.